The van der Waals surface area contributed by atoms with E-state index in [9.17, 15) is 14.9 Å². The van der Waals surface area contributed by atoms with Gasteiger partial charge in [0.1, 0.15) is 5.75 Å². The van der Waals surface area contributed by atoms with Crippen LogP contribution in [-0.2, 0) is 9.59 Å². The number of para-hydroxylation sites is 2. The van der Waals surface area contributed by atoms with Crippen LogP contribution >= 0.6 is 23.1 Å². The number of ether oxygens (including phenoxy) is 1. The van der Waals surface area contributed by atoms with Crippen molar-refractivity contribution in [2.45, 2.75) is 19.8 Å². The SMILES string of the molecule is CCOc1ccccc1[C@H]1C(C#N)=C(SCC(=O)Nc2nccs2)NC(C)=C1C(=O)Nc1ccccc1. The minimum atomic E-state index is -0.692. The average molecular weight is 532 g/mol. The van der Waals surface area contributed by atoms with E-state index in [1.807, 2.05) is 49.4 Å². The third-order valence-corrected chi connectivity index (χ3v) is 7.19. The topological polar surface area (TPSA) is 116 Å². The van der Waals surface area contributed by atoms with Gasteiger partial charge in [-0.1, -0.05) is 48.2 Å². The molecule has 10 heteroatoms. The fourth-order valence-electron chi connectivity index (χ4n) is 3.94. The number of anilines is 2. The second-order valence-corrected chi connectivity index (χ2v) is 9.80. The summed E-state index contributed by atoms with van der Waals surface area (Å²) in [5.41, 5.74) is 2.68. The summed E-state index contributed by atoms with van der Waals surface area (Å²) in [6.07, 6.45) is 1.61. The number of carbonyl (C=O) groups is 2. The van der Waals surface area contributed by atoms with Crippen molar-refractivity contribution in [2.24, 2.45) is 0 Å². The van der Waals surface area contributed by atoms with E-state index in [1.54, 1.807) is 30.6 Å². The molecule has 1 aliphatic rings. The highest BCUT2D eigenvalue weighted by molar-refractivity contribution is 8.03. The van der Waals surface area contributed by atoms with Crippen molar-refractivity contribution in [3.05, 3.63) is 93.6 Å². The number of amides is 2. The summed E-state index contributed by atoms with van der Waals surface area (Å²) < 4.78 is 5.87. The Morgan fingerprint density at radius 1 is 1.16 bits per heavy atom. The Balaban J connectivity index is 1.70. The Morgan fingerprint density at radius 3 is 2.62 bits per heavy atom. The van der Waals surface area contributed by atoms with Gasteiger partial charge in [-0.05, 0) is 32.0 Å². The first-order valence-corrected chi connectivity index (χ1v) is 13.4. The number of allylic oxidation sites excluding steroid dienone is 2. The van der Waals surface area contributed by atoms with Crippen molar-refractivity contribution in [1.29, 1.82) is 5.26 Å². The van der Waals surface area contributed by atoms with Crippen LogP contribution in [0, 0.1) is 11.3 Å². The van der Waals surface area contributed by atoms with Crippen molar-refractivity contribution in [1.82, 2.24) is 10.3 Å². The number of hydrogen-bond acceptors (Lipinski definition) is 8. The molecule has 0 aliphatic carbocycles. The molecule has 3 N–H and O–H groups in total. The second kappa shape index (κ2) is 12.3. The highest BCUT2D eigenvalue weighted by atomic mass is 32.2. The molecule has 2 amide bonds. The van der Waals surface area contributed by atoms with E-state index in [2.05, 4.69) is 27.0 Å². The number of thioether (sulfide) groups is 1. The number of thiazole rings is 1. The predicted molar refractivity (Wildman–Crippen MR) is 147 cm³/mol. The lowest BCUT2D eigenvalue weighted by Gasteiger charge is -2.30. The fourth-order valence-corrected chi connectivity index (χ4v) is 5.38. The fraction of sp³-hybridized carbons (Fsp3) is 0.185. The third kappa shape index (κ3) is 6.20. The Bertz CT molecular complexity index is 1380. The Labute approximate surface area is 223 Å². The van der Waals surface area contributed by atoms with E-state index in [4.69, 9.17) is 4.74 Å². The van der Waals surface area contributed by atoms with Crippen LogP contribution in [-0.4, -0.2) is 29.2 Å². The molecule has 4 rings (SSSR count). The van der Waals surface area contributed by atoms with Crippen LogP contribution in [0.5, 0.6) is 5.75 Å². The van der Waals surface area contributed by atoms with Gasteiger partial charge in [-0.3, -0.25) is 9.59 Å². The van der Waals surface area contributed by atoms with Crippen molar-refractivity contribution in [3.8, 4) is 11.8 Å². The first kappa shape index (κ1) is 26.0. The number of rotatable bonds is 9. The molecule has 1 aromatic heterocycles. The molecule has 188 valence electrons. The van der Waals surface area contributed by atoms with Gasteiger partial charge in [-0.15, -0.1) is 11.3 Å². The van der Waals surface area contributed by atoms with Crippen LogP contribution < -0.4 is 20.7 Å². The number of aromatic nitrogens is 1. The minimum absolute atomic E-state index is 0.0613. The molecule has 0 saturated carbocycles. The van der Waals surface area contributed by atoms with E-state index in [0.717, 1.165) is 0 Å². The summed E-state index contributed by atoms with van der Waals surface area (Å²) in [5.74, 6) is -0.611. The lowest BCUT2D eigenvalue weighted by Crippen LogP contribution is -2.31. The van der Waals surface area contributed by atoms with E-state index < -0.39 is 5.92 Å². The van der Waals surface area contributed by atoms with Gasteiger partial charge in [0.2, 0.25) is 5.91 Å². The summed E-state index contributed by atoms with van der Waals surface area (Å²) in [7, 11) is 0. The molecule has 8 nitrogen and oxygen atoms in total. The van der Waals surface area contributed by atoms with Crippen LogP contribution in [0.2, 0.25) is 0 Å². The summed E-state index contributed by atoms with van der Waals surface area (Å²) in [6, 6.07) is 18.8. The number of nitrogens with zero attached hydrogens (tertiary/aromatic N) is 2. The molecule has 37 heavy (non-hydrogen) atoms. The molecule has 0 bridgehead atoms. The number of carbonyl (C=O) groups excluding carboxylic acids is 2. The molecular formula is C27H25N5O3S2. The largest absolute Gasteiger partial charge is 0.494 e. The van der Waals surface area contributed by atoms with Crippen LogP contribution in [0.25, 0.3) is 0 Å². The Kier molecular flexibility index (Phi) is 8.61. The van der Waals surface area contributed by atoms with Gasteiger partial charge in [-0.25, -0.2) is 4.98 Å². The number of hydrogen-bond donors (Lipinski definition) is 3. The molecule has 0 fully saturated rings. The normalized spacial score (nSPS) is 15.0. The van der Waals surface area contributed by atoms with Gasteiger partial charge >= 0.3 is 0 Å². The molecule has 0 radical (unpaired) electrons. The molecule has 0 spiro atoms. The van der Waals surface area contributed by atoms with Crippen LogP contribution in [0.4, 0.5) is 10.8 Å². The smallest absolute Gasteiger partial charge is 0.254 e. The van der Waals surface area contributed by atoms with E-state index in [-0.39, 0.29) is 17.6 Å². The molecule has 2 heterocycles. The molecular weight excluding hydrogens is 506 g/mol. The van der Waals surface area contributed by atoms with Crippen LogP contribution in [0.15, 0.2) is 88.0 Å². The highest BCUT2D eigenvalue weighted by Gasteiger charge is 2.36. The molecule has 0 saturated heterocycles. The maximum absolute atomic E-state index is 13.6. The summed E-state index contributed by atoms with van der Waals surface area (Å²) in [6.45, 7) is 4.10. The van der Waals surface area contributed by atoms with Gasteiger partial charge in [-0.2, -0.15) is 5.26 Å². The van der Waals surface area contributed by atoms with Gasteiger partial charge in [0, 0.05) is 34.1 Å². The molecule has 1 atom stereocenters. The summed E-state index contributed by atoms with van der Waals surface area (Å²) in [4.78, 5) is 30.2. The standard InChI is InChI=1S/C27H25N5O3S2/c1-3-35-21-12-8-7-11-19(21)24-20(15-28)26(37-16-22(33)32-27-29-13-14-36-27)30-17(2)23(24)25(34)31-18-9-5-4-6-10-18/h4-14,24,30H,3,16H2,1-2H3,(H,31,34)(H,29,32,33)/t24-/m0/s1. The summed E-state index contributed by atoms with van der Waals surface area (Å²) >= 11 is 2.53. The van der Waals surface area contributed by atoms with E-state index >= 15 is 0 Å². The van der Waals surface area contributed by atoms with Gasteiger partial charge in [0.25, 0.3) is 5.91 Å². The number of nitriles is 1. The van der Waals surface area contributed by atoms with Gasteiger partial charge in [0.05, 0.1) is 34.9 Å². The van der Waals surface area contributed by atoms with Crippen LogP contribution in [0.3, 0.4) is 0 Å². The summed E-state index contributed by atoms with van der Waals surface area (Å²) in [5, 5.41) is 22.0. The number of nitrogens with one attached hydrogen (secondary N) is 3. The maximum atomic E-state index is 13.6. The van der Waals surface area contributed by atoms with Gasteiger partial charge < -0.3 is 20.7 Å². The average Bonchev–Trinajstić information content (AvgIpc) is 3.41. The predicted octanol–water partition coefficient (Wildman–Crippen LogP) is 5.25. The zero-order valence-corrected chi connectivity index (χ0v) is 21.9. The van der Waals surface area contributed by atoms with E-state index in [1.165, 1.54) is 23.1 Å². The molecule has 3 aromatic rings. The monoisotopic (exact) mass is 531 g/mol. The zero-order valence-electron chi connectivity index (χ0n) is 20.3. The first-order valence-electron chi connectivity index (χ1n) is 11.5. The van der Waals surface area contributed by atoms with Crippen molar-refractivity contribution in [2.75, 3.05) is 23.0 Å². The van der Waals surface area contributed by atoms with Crippen molar-refractivity contribution >= 4 is 45.7 Å². The quantitative estimate of drug-likeness (QED) is 0.345. The molecule has 0 unspecified atom stereocenters. The van der Waals surface area contributed by atoms with Crippen molar-refractivity contribution in [3.63, 3.8) is 0 Å². The maximum Gasteiger partial charge on any atom is 0.254 e. The minimum Gasteiger partial charge on any atom is -0.494 e. The molecule has 2 aromatic carbocycles. The highest BCUT2D eigenvalue weighted by Crippen LogP contribution is 2.44. The molecule has 1 aliphatic heterocycles. The second-order valence-electron chi connectivity index (χ2n) is 7.92. The zero-order chi connectivity index (χ0) is 26.2. The van der Waals surface area contributed by atoms with E-state index in [0.29, 0.717) is 50.6 Å². The lowest BCUT2D eigenvalue weighted by atomic mass is 9.81. The Hall–Kier alpha value is -4.07. The first-order chi connectivity index (χ1) is 18.0. The number of dihydropyridines is 1. The Morgan fingerprint density at radius 2 is 1.92 bits per heavy atom. The lowest BCUT2D eigenvalue weighted by molar-refractivity contribution is -0.114. The van der Waals surface area contributed by atoms with Crippen molar-refractivity contribution < 1.29 is 14.3 Å². The van der Waals surface area contributed by atoms with Gasteiger partial charge in [0.15, 0.2) is 5.13 Å². The number of benzene rings is 2. The third-order valence-electron chi connectivity index (χ3n) is 5.48. The van der Waals surface area contributed by atoms with Crippen LogP contribution in [0.1, 0.15) is 25.3 Å².